The maximum atomic E-state index is 10.6. The van der Waals surface area contributed by atoms with Crippen LogP contribution in [0, 0.1) is 0 Å². The normalized spacial score (nSPS) is 26.3. The summed E-state index contributed by atoms with van der Waals surface area (Å²) in [7, 11) is 0. The first-order valence-corrected chi connectivity index (χ1v) is 3.99. The van der Waals surface area contributed by atoms with Gasteiger partial charge < -0.3 is 11.1 Å². The number of nitrogens with one attached hydrogen (secondary N) is 1. The number of rotatable bonds is 2. The summed E-state index contributed by atoms with van der Waals surface area (Å²) in [6, 6.07) is 0. The van der Waals surface area contributed by atoms with E-state index in [9.17, 15) is 4.79 Å². The molecule has 1 aliphatic rings. The molecule has 4 heteroatoms. The first kappa shape index (κ1) is 6.89. The summed E-state index contributed by atoms with van der Waals surface area (Å²) in [5, 5.41) is 3.08. The Morgan fingerprint density at radius 3 is 3.11 bits per heavy atom. The molecule has 0 radical (unpaired) electrons. The lowest BCUT2D eigenvalue weighted by atomic mass is 10.4. The van der Waals surface area contributed by atoms with Crippen LogP contribution in [0.2, 0.25) is 0 Å². The molecular weight excluding hydrogens is 136 g/mol. The minimum atomic E-state index is 0.137. The molecule has 0 spiro atoms. The standard InChI is InChI=1S/C5H10N2OS/c6-2-1-5-7-4(8)3-9-5/h5H,1-3,6H2,(H,7,8). The van der Waals surface area contributed by atoms with Crippen molar-refractivity contribution in [3.8, 4) is 0 Å². The van der Waals surface area contributed by atoms with Crippen molar-refractivity contribution >= 4 is 17.7 Å². The van der Waals surface area contributed by atoms with Gasteiger partial charge in [0.25, 0.3) is 0 Å². The molecule has 0 bridgehead atoms. The van der Waals surface area contributed by atoms with Crippen LogP contribution < -0.4 is 11.1 Å². The van der Waals surface area contributed by atoms with Crippen LogP contribution in [0.25, 0.3) is 0 Å². The van der Waals surface area contributed by atoms with Gasteiger partial charge in [-0.15, -0.1) is 11.8 Å². The number of hydrogen-bond donors (Lipinski definition) is 2. The first-order valence-electron chi connectivity index (χ1n) is 2.94. The summed E-state index contributed by atoms with van der Waals surface area (Å²) in [5.74, 6) is 0.739. The van der Waals surface area contributed by atoms with E-state index in [2.05, 4.69) is 5.32 Å². The zero-order valence-corrected chi connectivity index (χ0v) is 5.91. The Kier molecular flexibility index (Phi) is 2.36. The topological polar surface area (TPSA) is 55.1 Å². The highest BCUT2D eigenvalue weighted by Crippen LogP contribution is 2.16. The van der Waals surface area contributed by atoms with Crippen molar-refractivity contribution in [3.63, 3.8) is 0 Å². The Morgan fingerprint density at radius 1 is 1.89 bits per heavy atom. The van der Waals surface area contributed by atoms with E-state index >= 15 is 0 Å². The highest BCUT2D eigenvalue weighted by atomic mass is 32.2. The van der Waals surface area contributed by atoms with Gasteiger partial charge in [-0.1, -0.05) is 0 Å². The predicted octanol–water partition coefficient (Wildman–Crippen LogP) is -0.476. The monoisotopic (exact) mass is 146 g/mol. The summed E-state index contributed by atoms with van der Waals surface area (Å²) < 4.78 is 0. The van der Waals surface area contributed by atoms with Crippen molar-refractivity contribution in [1.82, 2.24) is 5.32 Å². The molecule has 1 rings (SSSR count). The van der Waals surface area contributed by atoms with Crippen LogP contribution in [0.3, 0.4) is 0 Å². The summed E-state index contributed by atoms with van der Waals surface area (Å²) >= 11 is 1.63. The molecule has 0 aromatic heterocycles. The lowest BCUT2D eigenvalue weighted by Gasteiger charge is -2.04. The minimum absolute atomic E-state index is 0.137. The van der Waals surface area contributed by atoms with Crippen LogP contribution in [0.4, 0.5) is 0 Å². The zero-order chi connectivity index (χ0) is 6.69. The number of carbonyl (C=O) groups excluding carboxylic acids is 1. The van der Waals surface area contributed by atoms with E-state index in [1.807, 2.05) is 0 Å². The number of carbonyl (C=O) groups is 1. The SMILES string of the molecule is NCCC1NC(=O)CS1. The largest absolute Gasteiger partial charge is 0.344 e. The molecule has 1 fully saturated rings. The van der Waals surface area contributed by atoms with Crippen molar-refractivity contribution < 1.29 is 4.79 Å². The Balaban J connectivity index is 2.22. The van der Waals surface area contributed by atoms with E-state index in [0.29, 0.717) is 12.3 Å². The highest BCUT2D eigenvalue weighted by molar-refractivity contribution is 8.01. The fraction of sp³-hybridized carbons (Fsp3) is 0.800. The van der Waals surface area contributed by atoms with E-state index in [4.69, 9.17) is 5.73 Å². The van der Waals surface area contributed by atoms with Gasteiger partial charge in [-0.3, -0.25) is 4.79 Å². The van der Waals surface area contributed by atoms with E-state index in [1.54, 1.807) is 11.8 Å². The third kappa shape index (κ3) is 1.87. The van der Waals surface area contributed by atoms with Gasteiger partial charge in [-0.25, -0.2) is 0 Å². The van der Waals surface area contributed by atoms with Crippen molar-refractivity contribution in [2.45, 2.75) is 11.8 Å². The van der Waals surface area contributed by atoms with Gasteiger partial charge in [0.1, 0.15) is 0 Å². The Bertz CT molecular complexity index is 118. The van der Waals surface area contributed by atoms with Crippen LogP contribution in [0.1, 0.15) is 6.42 Å². The predicted molar refractivity (Wildman–Crippen MR) is 38.1 cm³/mol. The lowest BCUT2D eigenvalue weighted by molar-refractivity contribution is -0.118. The van der Waals surface area contributed by atoms with Crippen molar-refractivity contribution in [2.75, 3.05) is 12.3 Å². The molecule has 0 aromatic carbocycles. The van der Waals surface area contributed by atoms with E-state index < -0.39 is 0 Å². The molecule has 0 saturated carbocycles. The van der Waals surface area contributed by atoms with Crippen molar-refractivity contribution in [2.24, 2.45) is 5.73 Å². The second-order valence-corrected chi connectivity index (χ2v) is 3.14. The molecule has 1 heterocycles. The zero-order valence-electron chi connectivity index (χ0n) is 5.09. The molecule has 1 amide bonds. The van der Waals surface area contributed by atoms with Gasteiger partial charge in [0.15, 0.2) is 0 Å². The van der Waals surface area contributed by atoms with E-state index in [0.717, 1.165) is 6.42 Å². The number of amides is 1. The highest BCUT2D eigenvalue weighted by Gasteiger charge is 2.19. The van der Waals surface area contributed by atoms with Gasteiger partial charge in [0, 0.05) is 0 Å². The van der Waals surface area contributed by atoms with Gasteiger partial charge in [-0.2, -0.15) is 0 Å². The summed E-state index contributed by atoms with van der Waals surface area (Å²) in [6.45, 7) is 0.651. The lowest BCUT2D eigenvalue weighted by Crippen LogP contribution is -2.26. The first-order chi connectivity index (χ1) is 4.33. The average molecular weight is 146 g/mol. The second-order valence-electron chi connectivity index (χ2n) is 1.94. The van der Waals surface area contributed by atoms with Crippen LogP contribution in [-0.4, -0.2) is 23.6 Å². The van der Waals surface area contributed by atoms with Crippen LogP contribution in [0.15, 0.2) is 0 Å². The molecule has 52 valence electrons. The fourth-order valence-electron chi connectivity index (χ4n) is 0.746. The molecule has 3 N–H and O–H groups in total. The maximum absolute atomic E-state index is 10.6. The number of thioether (sulfide) groups is 1. The Hall–Kier alpha value is -0.220. The van der Waals surface area contributed by atoms with Gasteiger partial charge in [0.05, 0.1) is 11.1 Å². The Morgan fingerprint density at radius 2 is 2.67 bits per heavy atom. The molecule has 1 saturated heterocycles. The van der Waals surface area contributed by atoms with Gasteiger partial charge in [-0.05, 0) is 13.0 Å². The third-order valence-corrected chi connectivity index (χ3v) is 2.35. The molecular formula is C5H10N2OS. The van der Waals surface area contributed by atoms with Gasteiger partial charge in [0.2, 0.25) is 5.91 Å². The summed E-state index contributed by atoms with van der Waals surface area (Å²) in [5.41, 5.74) is 5.29. The molecule has 1 aliphatic heterocycles. The molecule has 9 heavy (non-hydrogen) atoms. The molecule has 0 aliphatic carbocycles. The molecule has 0 aromatic rings. The number of nitrogens with two attached hydrogens (primary N) is 1. The fourth-order valence-corrected chi connectivity index (χ4v) is 1.70. The summed E-state index contributed by atoms with van der Waals surface area (Å²) in [4.78, 5) is 10.6. The van der Waals surface area contributed by atoms with Crippen molar-refractivity contribution in [1.29, 1.82) is 0 Å². The molecule has 1 unspecified atom stereocenters. The minimum Gasteiger partial charge on any atom is -0.344 e. The van der Waals surface area contributed by atoms with Crippen LogP contribution in [-0.2, 0) is 4.79 Å². The summed E-state index contributed by atoms with van der Waals surface area (Å²) in [6.07, 6.45) is 0.885. The molecule has 3 nitrogen and oxygen atoms in total. The third-order valence-electron chi connectivity index (χ3n) is 1.17. The second kappa shape index (κ2) is 3.08. The molecule has 1 atom stereocenters. The maximum Gasteiger partial charge on any atom is 0.230 e. The van der Waals surface area contributed by atoms with E-state index in [1.165, 1.54) is 0 Å². The smallest absolute Gasteiger partial charge is 0.230 e. The quantitative estimate of drug-likeness (QED) is 0.553. The van der Waals surface area contributed by atoms with Gasteiger partial charge >= 0.3 is 0 Å². The Labute approximate surface area is 58.4 Å². The van der Waals surface area contributed by atoms with Crippen LogP contribution in [0.5, 0.6) is 0 Å². The van der Waals surface area contributed by atoms with E-state index in [-0.39, 0.29) is 11.3 Å². The van der Waals surface area contributed by atoms with Crippen molar-refractivity contribution in [3.05, 3.63) is 0 Å². The van der Waals surface area contributed by atoms with Crippen LogP contribution >= 0.6 is 11.8 Å². The number of hydrogen-bond acceptors (Lipinski definition) is 3. The average Bonchev–Trinajstić information content (AvgIpc) is 2.17.